The molecule has 1 atom stereocenters. The number of aromatic hydroxyl groups is 1. The largest absolute Gasteiger partial charge is 0.508 e. The third-order valence-corrected chi connectivity index (χ3v) is 6.21. The number of aliphatic hydroxyl groups excluding tert-OH is 2. The van der Waals surface area contributed by atoms with Gasteiger partial charge in [0.1, 0.15) is 22.7 Å². The predicted molar refractivity (Wildman–Crippen MR) is 141 cm³/mol. The molecule has 0 saturated carbocycles. The molecule has 2 aromatic carbocycles. The highest BCUT2D eigenvalue weighted by Gasteiger charge is 2.28. The number of likely N-dealkylation sites (tertiary alicyclic amines) is 1. The molecule has 1 saturated heterocycles. The van der Waals surface area contributed by atoms with Gasteiger partial charge < -0.3 is 34.7 Å². The minimum absolute atomic E-state index is 0.182. The number of benzene rings is 2. The van der Waals surface area contributed by atoms with Crippen LogP contribution in [0.4, 0.5) is 0 Å². The van der Waals surface area contributed by atoms with E-state index in [4.69, 9.17) is 29.6 Å². The zero-order valence-corrected chi connectivity index (χ0v) is 21.6. The lowest BCUT2D eigenvalue weighted by molar-refractivity contribution is -0.140. The van der Waals surface area contributed by atoms with Gasteiger partial charge in [-0.25, -0.2) is 14.4 Å². The van der Waals surface area contributed by atoms with Gasteiger partial charge in [-0.15, -0.1) is 0 Å². The number of aliphatic hydroxyl groups is 2. The molecule has 1 aliphatic heterocycles. The number of hydrogen-bond donors (Lipinski definition) is 5. The Kier molecular flexibility index (Phi) is 9.56. The molecule has 2 heterocycles. The van der Waals surface area contributed by atoms with Crippen LogP contribution in [0, 0.1) is 5.92 Å². The summed E-state index contributed by atoms with van der Waals surface area (Å²) in [5.41, 5.74) is 2.52. The molecule has 0 radical (unpaired) electrons. The van der Waals surface area contributed by atoms with Crippen molar-refractivity contribution in [3.63, 3.8) is 0 Å². The Hall–Kier alpha value is -4.51. The molecule has 1 aromatic heterocycles. The van der Waals surface area contributed by atoms with E-state index in [1.165, 1.54) is 6.42 Å². The lowest BCUT2D eigenvalue weighted by Crippen LogP contribution is -2.33. The monoisotopic (exact) mass is 541 g/mol. The first-order valence-corrected chi connectivity index (χ1v) is 12.4. The fourth-order valence-electron chi connectivity index (χ4n) is 4.46. The number of ether oxygens (including phenoxy) is 1. The van der Waals surface area contributed by atoms with Gasteiger partial charge in [0.05, 0.1) is 6.61 Å². The van der Waals surface area contributed by atoms with Gasteiger partial charge in [-0.05, 0) is 44.4 Å². The van der Waals surface area contributed by atoms with Gasteiger partial charge in [0.25, 0.3) is 11.5 Å². The number of aliphatic carboxylic acids is 2. The average Bonchev–Trinajstić information content (AvgIpc) is 3.30. The number of esters is 1. The van der Waals surface area contributed by atoms with Crippen molar-refractivity contribution >= 4 is 28.9 Å². The van der Waals surface area contributed by atoms with Gasteiger partial charge in [-0.1, -0.05) is 37.3 Å². The first-order chi connectivity index (χ1) is 18.5. The average molecular weight is 542 g/mol. The lowest BCUT2D eigenvalue weighted by Gasteiger charge is -2.31. The van der Waals surface area contributed by atoms with Gasteiger partial charge in [0.2, 0.25) is 0 Å². The van der Waals surface area contributed by atoms with E-state index >= 15 is 0 Å². The number of carbonyl (C=O) groups excluding carboxylic acids is 1. The number of piperidine rings is 1. The van der Waals surface area contributed by atoms with E-state index in [1.807, 2.05) is 30.3 Å². The second kappa shape index (κ2) is 12.8. The van der Waals surface area contributed by atoms with Crippen molar-refractivity contribution in [2.45, 2.75) is 33.2 Å². The summed E-state index contributed by atoms with van der Waals surface area (Å²) in [7, 11) is 0. The number of nitrogens with zero attached hydrogens (tertiary/aromatic N) is 1. The number of furan rings is 1. The van der Waals surface area contributed by atoms with E-state index in [-0.39, 0.29) is 12.4 Å². The Balaban J connectivity index is 0.000000360. The van der Waals surface area contributed by atoms with Crippen LogP contribution in [0.15, 0.2) is 58.4 Å². The summed E-state index contributed by atoms with van der Waals surface area (Å²) in [5, 5.41) is 43.5. The van der Waals surface area contributed by atoms with Crippen LogP contribution in [0.5, 0.6) is 5.75 Å². The number of carboxylic acid groups (broad SMARTS) is 2. The Morgan fingerprint density at radius 3 is 2.21 bits per heavy atom. The Labute approximate surface area is 224 Å². The summed E-state index contributed by atoms with van der Waals surface area (Å²) in [6, 6.07) is 12.9. The molecule has 11 nitrogen and oxygen atoms in total. The number of carbonyl (C=O) groups is 3. The molecule has 208 valence electrons. The van der Waals surface area contributed by atoms with Crippen LogP contribution in [-0.2, 0) is 20.9 Å². The van der Waals surface area contributed by atoms with Crippen LogP contribution < -0.4 is 0 Å². The molecule has 0 aliphatic carbocycles. The highest BCUT2D eigenvalue weighted by Crippen LogP contribution is 2.39. The highest BCUT2D eigenvalue weighted by molar-refractivity contribution is 6.10. The number of phenols is 1. The van der Waals surface area contributed by atoms with Crippen LogP contribution in [0.25, 0.3) is 22.3 Å². The molecule has 39 heavy (non-hydrogen) atoms. The Bertz CT molecular complexity index is 1350. The number of phenolic OH excluding ortho intramolecular Hbond substituents is 1. The summed E-state index contributed by atoms with van der Waals surface area (Å²) in [4.78, 5) is 34.7. The topological polar surface area (TPSA) is 178 Å². The molecule has 0 amide bonds. The molecule has 4 rings (SSSR count). The van der Waals surface area contributed by atoms with Crippen LogP contribution in [0.3, 0.4) is 0 Å². The number of carboxylic acids is 2. The SMILES string of the molecule is CCOC(=O)c1c(-c2ccccc2)oc2ccc(O)c(CN3CCCC(C)C3)c12.O=C(O)/C(O)=C(\O)C(=O)O. The van der Waals surface area contributed by atoms with Crippen molar-refractivity contribution in [1.29, 1.82) is 0 Å². The molecule has 0 bridgehead atoms. The normalized spacial score (nSPS) is 16.1. The van der Waals surface area contributed by atoms with E-state index < -0.39 is 29.4 Å². The van der Waals surface area contributed by atoms with E-state index in [2.05, 4.69) is 11.8 Å². The predicted octanol–water partition coefficient (Wildman–Crippen LogP) is 4.70. The summed E-state index contributed by atoms with van der Waals surface area (Å²) >= 11 is 0. The van der Waals surface area contributed by atoms with Crippen molar-refractivity contribution < 1.29 is 49.1 Å². The molecule has 3 aromatic rings. The van der Waals surface area contributed by atoms with Crippen LogP contribution >= 0.6 is 0 Å². The maximum absolute atomic E-state index is 12.9. The fraction of sp³-hybridized carbons (Fsp3) is 0.321. The third-order valence-electron chi connectivity index (χ3n) is 6.21. The fourth-order valence-corrected chi connectivity index (χ4v) is 4.46. The molecular weight excluding hydrogens is 510 g/mol. The van der Waals surface area contributed by atoms with Gasteiger partial charge >= 0.3 is 17.9 Å². The van der Waals surface area contributed by atoms with Crippen molar-refractivity contribution in [3.05, 3.63) is 65.1 Å². The minimum Gasteiger partial charge on any atom is -0.508 e. The lowest BCUT2D eigenvalue weighted by atomic mass is 9.97. The summed E-state index contributed by atoms with van der Waals surface area (Å²) in [6.45, 7) is 6.86. The summed E-state index contributed by atoms with van der Waals surface area (Å²) in [6.07, 6.45) is 2.37. The van der Waals surface area contributed by atoms with Gasteiger partial charge in [-0.3, -0.25) is 4.90 Å². The molecular formula is C28H31NO10. The van der Waals surface area contributed by atoms with Crippen molar-refractivity contribution in [2.75, 3.05) is 19.7 Å². The zero-order chi connectivity index (χ0) is 28.7. The second-order valence-electron chi connectivity index (χ2n) is 9.12. The van der Waals surface area contributed by atoms with Crippen molar-refractivity contribution in [3.8, 4) is 17.1 Å². The van der Waals surface area contributed by atoms with E-state index in [1.54, 1.807) is 19.1 Å². The summed E-state index contributed by atoms with van der Waals surface area (Å²) < 4.78 is 11.5. The van der Waals surface area contributed by atoms with Crippen molar-refractivity contribution in [2.24, 2.45) is 5.92 Å². The Morgan fingerprint density at radius 2 is 1.64 bits per heavy atom. The maximum atomic E-state index is 12.9. The standard InChI is InChI=1S/C24H27NO4.C4H4O6/c1-3-28-24(27)22-21-18(15-25-13-7-8-16(2)14-25)19(26)11-12-20(21)29-23(22)17-9-5-4-6-10-17;5-1(3(7)8)2(6)4(9)10/h4-6,9-12,16,26H,3,7-8,13-15H2,1-2H3;5-6H,(H,7,8)(H,9,10)/b;2-1+. The van der Waals surface area contributed by atoms with Crippen LogP contribution in [-0.4, -0.2) is 68.0 Å². The van der Waals surface area contributed by atoms with Crippen molar-refractivity contribution in [1.82, 2.24) is 4.90 Å². The smallest absolute Gasteiger partial charge is 0.375 e. The van der Waals surface area contributed by atoms with Gasteiger partial charge in [0, 0.05) is 29.6 Å². The number of fused-ring (bicyclic) bond motifs is 1. The van der Waals surface area contributed by atoms with Crippen LogP contribution in [0.1, 0.15) is 42.6 Å². The maximum Gasteiger partial charge on any atom is 0.375 e. The molecule has 5 N–H and O–H groups in total. The molecule has 11 heteroatoms. The quantitative estimate of drug-likeness (QED) is 0.159. The molecule has 0 spiro atoms. The van der Waals surface area contributed by atoms with E-state index in [9.17, 15) is 19.5 Å². The summed E-state index contributed by atoms with van der Waals surface area (Å²) in [5.74, 6) is -6.07. The molecule has 1 aliphatic rings. The van der Waals surface area contributed by atoms with Gasteiger partial charge in [-0.2, -0.15) is 0 Å². The van der Waals surface area contributed by atoms with Gasteiger partial charge in [0.15, 0.2) is 0 Å². The second-order valence-corrected chi connectivity index (χ2v) is 9.12. The highest BCUT2D eigenvalue weighted by atomic mass is 16.5. The number of rotatable bonds is 7. The first kappa shape index (κ1) is 29.1. The number of hydrogen-bond acceptors (Lipinski definition) is 9. The third kappa shape index (κ3) is 6.88. The Morgan fingerprint density at radius 1 is 1.00 bits per heavy atom. The molecule has 1 unspecified atom stereocenters. The first-order valence-electron chi connectivity index (χ1n) is 12.4. The zero-order valence-electron chi connectivity index (χ0n) is 21.6. The van der Waals surface area contributed by atoms with E-state index in [0.29, 0.717) is 34.8 Å². The van der Waals surface area contributed by atoms with Crippen LogP contribution in [0.2, 0.25) is 0 Å². The minimum atomic E-state index is -1.89. The van der Waals surface area contributed by atoms with E-state index in [0.717, 1.165) is 30.6 Å². The molecule has 1 fully saturated rings.